The Morgan fingerprint density at radius 1 is 1.62 bits per heavy atom. The molecule has 16 heavy (non-hydrogen) atoms. The largest absolute Gasteiger partial charge is 0.480 e. The number of aliphatic hydroxyl groups excluding tert-OH is 1. The number of hydrogen-bond acceptors (Lipinski definition) is 6. The van der Waals surface area contributed by atoms with Crippen molar-refractivity contribution in [3.05, 3.63) is 10.7 Å². The van der Waals surface area contributed by atoms with Gasteiger partial charge in [-0.1, -0.05) is 0 Å². The van der Waals surface area contributed by atoms with Gasteiger partial charge in [-0.3, -0.25) is 0 Å². The van der Waals surface area contributed by atoms with Crippen molar-refractivity contribution in [3.63, 3.8) is 0 Å². The van der Waals surface area contributed by atoms with Crippen molar-refractivity contribution in [1.82, 2.24) is 9.97 Å². The summed E-state index contributed by atoms with van der Waals surface area (Å²) >= 11 is 3.23. The lowest BCUT2D eigenvalue weighted by Crippen LogP contribution is -2.37. The molecule has 0 saturated carbocycles. The van der Waals surface area contributed by atoms with Gasteiger partial charge < -0.3 is 20.3 Å². The van der Waals surface area contributed by atoms with E-state index in [4.69, 9.17) is 9.84 Å². The zero-order valence-electron chi connectivity index (χ0n) is 9.07. The normalized spacial score (nSPS) is 14.3. The van der Waals surface area contributed by atoms with Crippen LogP contribution in [-0.2, 0) is 0 Å². The van der Waals surface area contributed by atoms with E-state index in [0.717, 1.165) is 0 Å². The Morgan fingerprint density at radius 3 is 2.88 bits per heavy atom. The highest BCUT2D eigenvalue weighted by Gasteiger charge is 2.19. The molecule has 90 valence electrons. The summed E-state index contributed by atoms with van der Waals surface area (Å²) in [6.07, 6.45) is 1.54. The zero-order chi connectivity index (χ0) is 12.2. The van der Waals surface area contributed by atoms with Gasteiger partial charge >= 0.3 is 0 Å². The standard InChI is InChI=1S/C9H14BrN3O3/c1-9(15,5-14)4-12-8-11-3-6(10)7(13-8)16-2/h3,14-15H,4-5H2,1-2H3,(H,11,12,13). The Labute approximate surface area is 102 Å². The quantitative estimate of drug-likeness (QED) is 0.728. The fourth-order valence-electron chi connectivity index (χ4n) is 0.905. The predicted octanol–water partition coefficient (Wildman–Crippen LogP) is 0.403. The molecular weight excluding hydrogens is 278 g/mol. The summed E-state index contributed by atoms with van der Waals surface area (Å²) in [5.74, 6) is 0.731. The molecule has 0 amide bonds. The molecule has 3 N–H and O–H groups in total. The second-order valence-electron chi connectivity index (χ2n) is 3.56. The molecule has 0 aliphatic carbocycles. The van der Waals surface area contributed by atoms with E-state index in [1.165, 1.54) is 14.0 Å². The summed E-state index contributed by atoms with van der Waals surface area (Å²) in [5.41, 5.74) is -1.20. The summed E-state index contributed by atoms with van der Waals surface area (Å²) in [6, 6.07) is 0. The third kappa shape index (κ3) is 3.58. The first-order valence-electron chi connectivity index (χ1n) is 4.62. The van der Waals surface area contributed by atoms with Crippen molar-refractivity contribution in [2.24, 2.45) is 0 Å². The Hall–Kier alpha value is -0.920. The number of anilines is 1. The molecule has 0 aromatic carbocycles. The van der Waals surface area contributed by atoms with Crippen LogP contribution in [0.2, 0.25) is 0 Å². The number of aromatic nitrogens is 2. The lowest BCUT2D eigenvalue weighted by atomic mass is 10.1. The molecular formula is C9H14BrN3O3. The molecule has 1 aromatic heterocycles. The fraction of sp³-hybridized carbons (Fsp3) is 0.556. The zero-order valence-corrected chi connectivity index (χ0v) is 10.7. The molecule has 6 nitrogen and oxygen atoms in total. The highest BCUT2D eigenvalue weighted by atomic mass is 79.9. The van der Waals surface area contributed by atoms with Crippen LogP contribution in [0.1, 0.15) is 6.92 Å². The maximum atomic E-state index is 9.56. The molecule has 0 spiro atoms. The van der Waals surface area contributed by atoms with Crippen molar-refractivity contribution in [3.8, 4) is 5.88 Å². The number of nitrogens with zero attached hydrogens (tertiary/aromatic N) is 2. The van der Waals surface area contributed by atoms with Gasteiger partial charge in [0.15, 0.2) is 0 Å². The minimum atomic E-state index is -1.20. The van der Waals surface area contributed by atoms with Crippen molar-refractivity contribution >= 4 is 21.9 Å². The molecule has 0 radical (unpaired) electrons. The van der Waals surface area contributed by atoms with Gasteiger partial charge in [0, 0.05) is 6.54 Å². The fourth-order valence-corrected chi connectivity index (χ4v) is 1.26. The van der Waals surface area contributed by atoms with Gasteiger partial charge in [0.05, 0.1) is 24.4 Å². The van der Waals surface area contributed by atoms with E-state index in [0.29, 0.717) is 16.3 Å². The highest BCUT2D eigenvalue weighted by Crippen LogP contribution is 2.21. The molecule has 1 unspecified atom stereocenters. The van der Waals surface area contributed by atoms with Crippen molar-refractivity contribution in [1.29, 1.82) is 0 Å². The van der Waals surface area contributed by atoms with Crippen LogP contribution < -0.4 is 10.1 Å². The number of rotatable bonds is 5. The number of aliphatic hydroxyl groups is 2. The van der Waals surface area contributed by atoms with E-state index in [-0.39, 0.29) is 13.2 Å². The first-order valence-corrected chi connectivity index (χ1v) is 5.41. The van der Waals surface area contributed by atoms with Gasteiger partial charge in [0.2, 0.25) is 11.8 Å². The SMILES string of the molecule is COc1nc(NCC(C)(O)CO)ncc1Br. The molecule has 1 rings (SSSR count). The second-order valence-corrected chi connectivity index (χ2v) is 4.41. The minimum Gasteiger partial charge on any atom is -0.480 e. The summed E-state index contributed by atoms with van der Waals surface area (Å²) in [5, 5.41) is 21.2. The number of ether oxygens (including phenoxy) is 1. The molecule has 0 aliphatic heterocycles. The number of halogens is 1. The Morgan fingerprint density at radius 2 is 2.31 bits per heavy atom. The predicted molar refractivity (Wildman–Crippen MR) is 62.5 cm³/mol. The van der Waals surface area contributed by atoms with E-state index in [1.54, 1.807) is 6.20 Å². The van der Waals surface area contributed by atoms with Crippen LogP contribution in [-0.4, -0.2) is 46.0 Å². The average molecular weight is 292 g/mol. The van der Waals surface area contributed by atoms with E-state index in [9.17, 15) is 5.11 Å². The smallest absolute Gasteiger partial charge is 0.232 e. The van der Waals surface area contributed by atoms with Gasteiger partial charge in [-0.2, -0.15) is 4.98 Å². The molecule has 0 bridgehead atoms. The summed E-state index contributed by atoms with van der Waals surface area (Å²) in [6.45, 7) is 1.32. The van der Waals surface area contributed by atoms with Crippen LogP contribution in [0.15, 0.2) is 10.7 Å². The molecule has 0 saturated heterocycles. The summed E-state index contributed by atoms with van der Waals surface area (Å²) in [4.78, 5) is 8.03. The van der Waals surface area contributed by atoms with E-state index < -0.39 is 5.60 Å². The number of methoxy groups -OCH3 is 1. The number of nitrogens with one attached hydrogen (secondary N) is 1. The van der Waals surface area contributed by atoms with Crippen molar-refractivity contribution < 1.29 is 14.9 Å². The molecule has 1 aromatic rings. The van der Waals surface area contributed by atoms with Crippen molar-refractivity contribution in [2.45, 2.75) is 12.5 Å². The van der Waals surface area contributed by atoms with Gasteiger partial charge in [-0.25, -0.2) is 4.98 Å². The average Bonchev–Trinajstić information content (AvgIpc) is 2.28. The highest BCUT2D eigenvalue weighted by molar-refractivity contribution is 9.10. The Bertz CT molecular complexity index is 360. The third-order valence-electron chi connectivity index (χ3n) is 1.87. The molecule has 1 atom stereocenters. The first kappa shape index (κ1) is 13.1. The molecule has 0 aliphatic rings. The maximum absolute atomic E-state index is 9.56. The summed E-state index contributed by atoms with van der Waals surface area (Å²) < 4.78 is 5.64. The maximum Gasteiger partial charge on any atom is 0.232 e. The van der Waals surface area contributed by atoms with Crippen LogP contribution in [0.3, 0.4) is 0 Å². The van der Waals surface area contributed by atoms with Crippen LogP contribution in [0.5, 0.6) is 5.88 Å². The second kappa shape index (κ2) is 5.42. The van der Waals surface area contributed by atoms with Gasteiger partial charge in [0.25, 0.3) is 0 Å². The van der Waals surface area contributed by atoms with E-state index in [1.807, 2.05) is 0 Å². The third-order valence-corrected chi connectivity index (χ3v) is 2.42. The van der Waals surface area contributed by atoms with E-state index in [2.05, 4.69) is 31.2 Å². The lowest BCUT2D eigenvalue weighted by molar-refractivity contribution is 0.0131. The lowest BCUT2D eigenvalue weighted by Gasteiger charge is -2.20. The van der Waals surface area contributed by atoms with Gasteiger partial charge in [-0.05, 0) is 22.9 Å². The van der Waals surface area contributed by atoms with Crippen LogP contribution in [0, 0.1) is 0 Å². The van der Waals surface area contributed by atoms with Gasteiger partial charge in [-0.15, -0.1) is 0 Å². The van der Waals surface area contributed by atoms with Gasteiger partial charge in [0.1, 0.15) is 5.60 Å². The molecule has 1 heterocycles. The summed E-state index contributed by atoms with van der Waals surface area (Å²) in [7, 11) is 1.50. The monoisotopic (exact) mass is 291 g/mol. The Balaban J connectivity index is 2.68. The van der Waals surface area contributed by atoms with Crippen LogP contribution in [0.25, 0.3) is 0 Å². The van der Waals surface area contributed by atoms with E-state index >= 15 is 0 Å². The topological polar surface area (TPSA) is 87.5 Å². The number of hydrogen-bond donors (Lipinski definition) is 3. The van der Waals surface area contributed by atoms with Crippen LogP contribution >= 0.6 is 15.9 Å². The molecule has 7 heteroatoms. The first-order chi connectivity index (χ1) is 7.48. The van der Waals surface area contributed by atoms with Crippen molar-refractivity contribution in [2.75, 3.05) is 25.6 Å². The Kier molecular flexibility index (Phi) is 4.45. The molecule has 0 fully saturated rings. The van der Waals surface area contributed by atoms with Crippen LogP contribution in [0.4, 0.5) is 5.95 Å². The minimum absolute atomic E-state index is 0.147.